The highest BCUT2D eigenvalue weighted by Crippen LogP contribution is 2.26. The van der Waals surface area contributed by atoms with Crippen LogP contribution < -0.4 is 5.32 Å². The summed E-state index contributed by atoms with van der Waals surface area (Å²) in [6.07, 6.45) is 5.30. The average Bonchev–Trinajstić information content (AvgIpc) is 2.43. The van der Waals surface area contributed by atoms with Crippen LogP contribution in [0.3, 0.4) is 0 Å². The van der Waals surface area contributed by atoms with Crippen molar-refractivity contribution in [3.8, 4) is 0 Å². The molecule has 19 heavy (non-hydrogen) atoms. The van der Waals surface area contributed by atoms with Crippen molar-refractivity contribution < 1.29 is 0 Å². The molecule has 0 aromatic heterocycles. The van der Waals surface area contributed by atoms with Gasteiger partial charge < -0.3 is 10.2 Å². The Morgan fingerprint density at radius 3 is 2.84 bits per heavy atom. The van der Waals surface area contributed by atoms with Gasteiger partial charge in [-0.25, -0.2) is 0 Å². The van der Waals surface area contributed by atoms with Gasteiger partial charge in [0.05, 0.1) is 0 Å². The maximum atomic E-state index is 3.66. The van der Waals surface area contributed by atoms with Gasteiger partial charge in [0.25, 0.3) is 0 Å². The molecule has 2 unspecified atom stereocenters. The predicted octanol–water partition coefficient (Wildman–Crippen LogP) is 3.97. The van der Waals surface area contributed by atoms with E-state index < -0.39 is 0 Å². The maximum Gasteiger partial charge on any atom is 0.0340 e. The van der Waals surface area contributed by atoms with Gasteiger partial charge in [-0.2, -0.15) is 0 Å². The molecule has 0 bridgehead atoms. The van der Waals surface area contributed by atoms with Crippen molar-refractivity contribution in [1.29, 1.82) is 0 Å². The smallest absolute Gasteiger partial charge is 0.0340 e. The van der Waals surface area contributed by atoms with Gasteiger partial charge >= 0.3 is 0 Å². The molecule has 2 nitrogen and oxygen atoms in total. The third-order valence-corrected chi connectivity index (χ3v) is 5.00. The normalized spacial score (nSPS) is 22.4. The van der Waals surface area contributed by atoms with Crippen molar-refractivity contribution in [3.05, 3.63) is 34.3 Å². The Morgan fingerprint density at radius 2 is 2.16 bits per heavy atom. The molecule has 1 heterocycles. The van der Waals surface area contributed by atoms with Crippen molar-refractivity contribution in [2.75, 3.05) is 20.1 Å². The number of likely N-dealkylation sites (tertiary alicyclic amines) is 1. The minimum Gasteiger partial charge on any atom is -0.313 e. The number of piperidine rings is 1. The molecular weight excluding hydrogens is 300 g/mol. The minimum atomic E-state index is 0.435. The summed E-state index contributed by atoms with van der Waals surface area (Å²) in [5.41, 5.74) is 1.37. The van der Waals surface area contributed by atoms with Gasteiger partial charge in [-0.3, -0.25) is 0 Å². The second kappa shape index (κ2) is 7.41. The first kappa shape index (κ1) is 15.0. The predicted molar refractivity (Wildman–Crippen MR) is 85.4 cm³/mol. The van der Waals surface area contributed by atoms with Crippen molar-refractivity contribution in [2.24, 2.45) is 0 Å². The highest BCUT2D eigenvalue weighted by Gasteiger charge is 2.20. The van der Waals surface area contributed by atoms with Gasteiger partial charge in [-0.15, -0.1) is 0 Å². The summed E-state index contributed by atoms with van der Waals surface area (Å²) >= 11 is 3.66. The summed E-state index contributed by atoms with van der Waals surface area (Å²) in [6.45, 7) is 4.83. The Labute approximate surface area is 125 Å². The average molecular weight is 325 g/mol. The van der Waals surface area contributed by atoms with E-state index in [1.54, 1.807) is 0 Å². The molecule has 0 spiro atoms. The van der Waals surface area contributed by atoms with Crippen LogP contribution in [-0.2, 0) is 0 Å². The molecule has 1 N–H and O–H groups in total. The van der Waals surface area contributed by atoms with Crippen molar-refractivity contribution >= 4 is 15.9 Å². The number of hydrogen-bond donors (Lipinski definition) is 1. The van der Waals surface area contributed by atoms with Crippen LogP contribution in [0.1, 0.15) is 44.2 Å². The Balaban J connectivity index is 1.94. The summed E-state index contributed by atoms with van der Waals surface area (Å²) in [6, 6.07) is 9.73. The lowest BCUT2D eigenvalue weighted by molar-refractivity contribution is 0.154. The third kappa shape index (κ3) is 4.04. The quantitative estimate of drug-likeness (QED) is 0.881. The number of benzene rings is 1. The molecule has 0 amide bonds. The molecule has 1 fully saturated rings. The first-order valence-electron chi connectivity index (χ1n) is 7.38. The zero-order valence-electron chi connectivity index (χ0n) is 12.0. The van der Waals surface area contributed by atoms with Gasteiger partial charge in [-0.05, 0) is 51.4 Å². The van der Waals surface area contributed by atoms with Crippen LogP contribution in [0.15, 0.2) is 28.7 Å². The van der Waals surface area contributed by atoms with Crippen LogP contribution in [0.25, 0.3) is 0 Å². The summed E-state index contributed by atoms with van der Waals surface area (Å²) in [5.74, 6) is 0. The molecule has 0 radical (unpaired) electrons. The lowest BCUT2D eigenvalue weighted by atomic mass is 10.0. The molecule has 0 aliphatic carbocycles. The SMILES string of the molecule is CNC(CCN1CCCCC1C)c1ccccc1Br. The standard InChI is InChI=1S/C16H25BrN2/c1-13-7-5-6-11-19(13)12-10-16(18-2)14-8-3-4-9-15(14)17/h3-4,8-9,13,16,18H,5-7,10-12H2,1-2H3. The van der Waals surface area contributed by atoms with E-state index in [9.17, 15) is 0 Å². The second-order valence-corrected chi connectivity index (χ2v) is 6.39. The van der Waals surface area contributed by atoms with Gasteiger partial charge in [-0.1, -0.05) is 40.5 Å². The van der Waals surface area contributed by atoms with E-state index in [0.717, 1.165) is 6.04 Å². The molecule has 1 saturated heterocycles. The molecule has 1 aliphatic rings. The molecule has 3 heteroatoms. The van der Waals surface area contributed by atoms with Crippen molar-refractivity contribution in [3.63, 3.8) is 0 Å². The van der Waals surface area contributed by atoms with Gasteiger partial charge in [0.1, 0.15) is 0 Å². The summed E-state index contributed by atoms with van der Waals surface area (Å²) in [5, 5.41) is 3.46. The third-order valence-electron chi connectivity index (χ3n) is 4.27. The van der Waals surface area contributed by atoms with E-state index in [2.05, 4.69) is 64.4 Å². The monoisotopic (exact) mass is 324 g/mol. The molecule has 0 saturated carbocycles. The van der Waals surface area contributed by atoms with Crippen molar-refractivity contribution in [1.82, 2.24) is 10.2 Å². The molecule has 2 rings (SSSR count). The lowest BCUT2D eigenvalue weighted by Crippen LogP contribution is -2.39. The second-order valence-electron chi connectivity index (χ2n) is 5.53. The number of nitrogens with zero attached hydrogens (tertiary/aromatic N) is 1. The highest BCUT2D eigenvalue weighted by molar-refractivity contribution is 9.10. The molecule has 1 aromatic carbocycles. The van der Waals surface area contributed by atoms with Crippen LogP contribution in [0.2, 0.25) is 0 Å². The maximum absolute atomic E-state index is 3.66. The summed E-state index contributed by atoms with van der Waals surface area (Å²) in [7, 11) is 2.06. The Hall–Kier alpha value is -0.380. The first-order chi connectivity index (χ1) is 9.22. The number of hydrogen-bond acceptors (Lipinski definition) is 2. The topological polar surface area (TPSA) is 15.3 Å². The fraction of sp³-hybridized carbons (Fsp3) is 0.625. The molecule has 1 aliphatic heterocycles. The highest BCUT2D eigenvalue weighted by atomic mass is 79.9. The number of nitrogens with one attached hydrogen (secondary N) is 1. The number of halogens is 1. The van der Waals surface area contributed by atoms with E-state index in [1.807, 2.05) is 0 Å². The van der Waals surface area contributed by atoms with Gasteiger partial charge in [0, 0.05) is 23.1 Å². The first-order valence-corrected chi connectivity index (χ1v) is 8.17. The van der Waals surface area contributed by atoms with Crippen LogP contribution in [0.4, 0.5) is 0 Å². The largest absolute Gasteiger partial charge is 0.313 e. The minimum absolute atomic E-state index is 0.435. The van der Waals surface area contributed by atoms with Gasteiger partial charge in [0.15, 0.2) is 0 Å². The Bertz CT molecular complexity index is 394. The molecular formula is C16H25BrN2. The van der Waals surface area contributed by atoms with E-state index in [0.29, 0.717) is 6.04 Å². The molecule has 2 atom stereocenters. The van der Waals surface area contributed by atoms with Crippen LogP contribution in [0.5, 0.6) is 0 Å². The molecule has 106 valence electrons. The van der Waals surface area contributed by atoms with E-state index >= 15 is 0 Å². The number of rotatable bonds is 5. The zero-order valence-corrected chi connectivity index (χ0v) is 13.6. The Kier molecular flexibility index (Phi) is 5.86. The van der Waals surface area contributed by atoms with E-state index in [1.165, 1.54) is 48.8 Å². The van der Waals surface area contributed by atoms with Crippen LogP contribution in [0, 0.1) is 0 Å². The summed E-state index contributed by atoms with van der Waals surface area (Å²) < 4.78 is 1.21. The van der Waals surface area contributed by atoms with Gasteiger partial charge in [0.2, 0.25) is 0 Å². The zero-order chi connectivity index (χ0) is 13.7. The van der Waals surface area contributed by atoms with E-state index in [4.69, 9.17) is 0 Å². The molecule has 1 aromatic rings. The van der Waals surface area contributed by atoms with Crippen LogP contribution in [-0.4, -0.2) is 31.1 Å². The summed E-state index contributed by atoms with van der Waals surface area (Å²) in [4.78, 5) is 2.64. The van der Waals surface area contributed by atoms with E-state index in [-0.39, 0.29) is 0 Å². The fourth-order valence-electron chi connectivity index (χ4n) is 3.00. The lowest BCUT2D eigenvalue weighted by Gasteiger charge is -2.34. The Morgan fingerprint density at radius 1 is 1.37 bits per heavy atom. The van der Waals surface area contributed by atoms with Crippen LogP contribution >= 0.6 is 15.9 Å². The fourth-order valence-corrected chi connectivity index (χ4v) is 3.56. The van der Waals surface area contributed by atoms with Crippen molar-refractivity contribution in [2.45, 2.75) is 44.7 Å².